The third kappa shape index (κ3) is 2.83. The molecule has 2 rings (SSSR count). The number of nitriles is 1. The molecule has 1 aromatic rings. The van der Waals surface area contributed by atoms with E-state index in [2.05, 4.69) is 0 Å². The van der Waals surface area contributed by atoms with Gasteiger partial charge in [-0.25, -0.2) is 0 Å². The maximum absolute atomic E-state index is 11.0. The minimum atomic E-state index is -0.497. The summed E-state index contributed by atoms with van der Waals surface area (Å²) < 4.78 is 5.74. The number of hydrogen-bond acceptors (Lipinski definition) is 5. The van der Waals surface area contributed by atoms with Crippen LogP contribution in [0.4, 0.5) is 5.69 Å². The van der Waals surface area contributed by atoms with E-state index in [9.17, 15) is 10.1 Å². The third-order valence-corrected chi connectivity index (χ3v) is 3.46. The van der Waals surface area contributed by atoms with Gasteiger partial charge in [-0.3, -0.25) is 10.1 Å². The Kier molecular flexibility index (Phi) is 3.97. The summed E-state index contributed by atoms with van der Waals surface area (Å²) in [5.74, 6) is 0.389. The first-order chi connectivity index (χ1) is 9.15. The largest absolute Gasteiger partial charge is 0.483 e. The Hall–Kier alpha value is -2.13. The summed E-state index contributed by atoms with van der Waals surface area (Å²) in [6, 6.07) is 6.10. The molecule has 0 aromatic heterocycles. The molecule has 1 aromatic carbocycles. The molecule has 1 aliphatic carbocycles. The molecule has 1 aliphatic rings. The molecule has 1 saturated carbocycles. The van der Waals surface area contributed by atoms with Crippen LogP contribution in [0.25, 0.3) is 0 Å². The maximum Gasteiger partial charge on any atom is 0.311 e. The van der Waals surface area contributed by atoms with Crippen molar-refractivity contribution in [2.45, 2.75) is 25.4 Å². The van der Waals surface area contributed by atoms with Crippen LogP contribution >= 0.6 is 0 Å². The van der Waals surface area contributed by atoms with Gasteiger partial charge in [0.05, 0.1) is 16.6 Å². The van der Waals surface area contributed by atoms with E-state index in [0.29, 0.717) is 12.1 Å². The molecular weight excluding hydrogens is 246 g/mol. The number of nitrogens with zero attached hydrogens (tertiary/aromatic N) is 2. The molecule has 0 spiro atoms. The van der Waals surface area contributed by atoms with Gasteiger partial charge < -0.3 is 10.5 Å². The van der Waals surface area contributed by atoms with Crippen molar-refractivity contribution < 1.29 is 9.66 Å². The predicted molar refractivity (Wildman–Crippen MR) is 68.6 cm³/mol. The van der Waals surface area contributed by atoms with Crippen LogP contribution in [-0.4, -0.2) is 17.6 Å². The van der Waals surface area contributed by atoms with Gasteiger partial charge in [0.2, 0.25) is 0 Å². The van der Waals surface area contributed by atoms with Gasteiger partial charge in [-0.2, -0.15) is 5.26 Å². The summed E-state index contributed by atoms with van der Waals surface area (Å²) in [6.07, 6.45) is 2.73. The van der Waals surface area contributed by atoms with Crippen LogP contribution in [0.3, 0.4) is 0 Å². The van der Waals surface area contributed by atoms with Gasteiger partial charge >= 0.3 is 5.69 Å². The van der Waals surface area contributed by atoms with Gasteiger partial charge in [0.15, 0.2) is 5.75 Å². The molecule has 0 radical (unpaired) electrons. The summed E-state index contributed by atoms with van der Waals surface area (Å²) in [5, 5.41) is 19.8. The lowest BCUT2D eigenvalue weighted by Gasteiger charge is -2.19. The van der Waals surface area contributed by atoms with Gasteiger partial charge in [-0.1, -0.05) is 0 Å². The number of rotatable bonds is 4. The van der Waals surface area contributed by atoms with Gasteiger partial charge in [0.25, 0.3) is 0 Å². The van der Waals surface area contributed by atoms with E-state index in [1.165, 1.54) is 18.2 Å². The van der Waals surface area contributed by atoms with E-state index >= 15 is 0 Å². The van der Waals surface area contributed by atoms with E-state index in [0.717, 1.165) is 19.3 Å². The van der Waals surface area contributed by atoms with Crippen molar-refractivity contribution in [1.82, 2.24) is 0 Å². The third-order valence-electron chi connectivity index (χ3n) is 3.46. The van der Waals surface area contributed by atoms with E-state index in [-0.39, 0.29) is 23.5 Å². The van der Waals surface area contributed by atoms with Crippen LogP contribution in [0.15, 0.2) is 18.2 Å². The zero-order valence-corrected chi connectivity index (χ0v) is 10.4. The number of nitro benzene ring substituents is 1. The first kappa shape index (κ1) is 13.3. The van der Waals surface area contributed by atoms with Gasteiger partial charge in [0, 0.05) is 18.1 Å². The van der Waals surface area contributed by atoms with E-state index in [1.54, 1.807) is 0 Å². The minimum Gasteiger partial charge on any atom is -0.483 e. The smallest absolute Gasteiger partial charge is 0.311 e. The minimum absolute atomic E-state index is 0.0994. The fourth-order valence-electron chi connectivity index (χ4n) is 2.42. The highest BCUT2D eigenvalue weighted by Gasteiger charge is 2.30. The van der Waals surface area contributed by atoms with Crippen molar-refractivity contribution in [1.29, 1.82) is 5.26 Å². The quantitative estimate of drug-likeness (QED) is 0.659. The van der Waals surface area contributed by atoms with Crippen LogP contribution < -0.4 is 10.5 Å². The first-order valence-electron chi connectivity index (χ1n) is 6.21. The second-order valence-corrected chi connectivity index (χ2v) is 4.63. The Morgan fingerprint density at radius 3 is 2.95 bits per heavy atom. The van der Waals surface area contributed by atoms with E-state index in [4.69, 9.17) is 15.7 Å². The normalized spacial score (nSPS) is 21.9. The Bertz CT molecular complexity index is 524. The topological polar surface area (TPSA) is 102 Å². The molecule has 0 aliphatic heterocycles. The van der Waals surface area contributed by atoms with E-state index < -0.39 is 4.92 Å². The monoisotopic (exact) mass is 261 g/mol. The molecule has 0 saturated heterocycles. The zero-order valence-electron chi connectivity index (χ0n) is 10.4. The average molecular weight is 261 g/mol. The maximum atomic E-state index is 11.0. The van der Waals surface area contributed by atoms with Crippen LogP contribution in [0.5, 0.6) is 5.75 Å². The molecule has 19 heavy (non-hydrogen) atoms. The predicted octanol–water partition coefficient (Wildman–Crippen LogP) is 1.97. The molecule has 6 heteroatoms. The second kappa shape index (κ2) is 5.67. The van der Waals surface area contributed by atoms with Crippen molar-refractivity contribution in [3.63, 3.8) is 0 Å². The lowest BCUT2D eigenvalue weighted by molar-refractivity contribution is -0.386. The Labute approximate surface area is 110 Å². The second-order valence-electron chi connectivity index (χ2n) is 4.63. The number of nitrogens with two attached hydrogens (primary N) is 1. The molecular formula is C13H15N3O3. The molecule has 100 valence electrons. The fraction of sp³-hybridized carbons (Fsp3) is 0.462. The highest BCUT2D eigenvalue weighted by atomic mass is 16.6. The Morgan fingerprint density at radius 1 is 1.53 bits per heavy atom. The van der Waals surface area contributed by atoms with Gasteiger partial charge in [-0.15, -0.1) is 0 Å². The molecule has 2 unspecified atom stereocenters. The van der Waals surface area contributed by atoms with E-state index in [1.807, 2.05) is 6.07 Å². The highest BCUT2D eigenvalue weighted by molar-refractivity contribution is 5.51. The SMILES string of the molecule is N#Cc1ccc([N+](=O)[O-])c(OC2CCCC2CN)c1. The van der Waals surface area contributed by atoms with Crippen molar-refractivity contribution in [3.05, 3.63) is 33.9 Å². The standard InChI is InChI=1S/C13H15N3O3/c14-7-9-4-5-11(16(17)18)13(6-9)19-12-3-1-2-10(12)8-15/h4-6,10,12H,1-3,8,15H2. The fourth-order valence-corrected chi connectivity index (χ4v) is 2.42. The van der Waals surface area contributed by atoms with Crippen LogP contribution in [0, 0.1) is 27.4 Å². The first-order valence-corrected chi connectivity index (χ1v) is 6.21. The van der Waals surface area contributed by atoms with Crippen molar-refractivity contribution in [3.8, 4) is 11.8 Å². The Balaban J connectivity index is 2.27. The molecule has 0 bridgehead atoms. The zero-order chi connectivity index (χ0) is 13.8. The Morgan fingerprint density at radius 2 is 2.32 bits per heavy atom. The van der Waals surface area contributed by atoms with Crippen molar-refractivity contribution in [2.75, 3.05) is 6.54 Å². The summed E-state index contributed by atoms with van der Waals surface area (Å²) in [4.78, 5) is 10.5. The molecule has 2 N–H and O–H groups in total. The van der Waals surface area contributed by atoms with Crippen LogP contribution in [-0.2, 0) is 0 Å². The number of benzene rings is 1. The van der Waals surface area contributed by atoms with Crippen molar-refractivity contribution >= 4 is 5.69 Å². The van der Waals surface area contributed by atoms with Crippen LogP contribution in [0.1, 0.15) is 24.8 Å². The molecule has 1 fully saturated rings. The van der Waals surface area contributed by atoms with Crippen molar-refractivity contribution in [2.24, 2.45) is 11.7 Å². The average Bonchev–Trinajstić information content (AvgIpc) is 2.85. The van der Waals surface area contributed by atoms with Gasteiger partial charge in [-0.05, 0) is 31.9 Å². The van der Waals surface area contributed by atoms with Gasteiger partial charge in [0.1, 0.15) is 6.10 Å². The molecule has 0 amide bonds. The number of hydrogen-bond donors (Lipinski definition) is 1. The molecule has 6 nitrogen and oxygen atoms in total. The summed E-state index contributed by atoms with van der Waals surface area (Å²) >= 11 is 0. The number of ether oxygens (including phenoxy) is 1. The summed E-state index contributed by atoms with van der Waals surface area (Å²) in [5.41, 5.74) is 5.91. The summed E-state index contributed by atoms with van der Waals surface area (Å²) in [6.45, 7) is 0.510. The lowest BCUT2D eigenvalue weighted by Crippen LogP contribution is -2.27. The summed E-state index contributed by atoms with van der Waals surface area (Å²) in [7, 11) is 0. The van der Waals surface area contributed by atoms with Crippen LogP contribution in [0.2, 0.25) is 0 Å². The lowest BCUT2D eigenvalue weighted by atomic mass is 10.1. The molecule has 0 heterocycles. The number of nitro groups is 1. The highest BCUT2D eigenvalue weighted by Crippen LogP contribution is 2.34. The molecule has 2 atom stereocenters.